The van der Waals surface area contributed by atoms with Gasteiger partial charge in [-0.25, -0.2) is 0 Å². The number of rotatable bonds is 4. The Kier molecular flexibility index (Phi) is 4.93. The molecule has 0 spiro atoms. The zero-order valence-electron chi connectivity index (χ0n) is 10.3. The molecule has 90 valence electrons. The Balaban J connectivity index is 1.72. The summed E-state index contributed by atoms with van der Waals surface area (Å²) in [6.45, 7) is 0.631. The second kappa shape index (κ2) is 6.98. The van der Waals surface area contributed by atoms with Crippen molar-refractivity contribution in [2.24, 2.45) is 5.92 Å². The van der Waals surface area contributed by atoms with Gasteiger partial charge in [0.1, 0.15) is 12.9 Å². The highest BCUT2D eigenvalue weighted by molar-refractivity contribution is 5.13. The fourth-order valence-corrected chi connectivity index (χ4v) is 2.24. The minimum absolute atomic E-state index is 0.631. The summed E-state index contributed by atoms with van der Waals surface area (Å²) in [5, 5.41) is 0. The third-order valence-corrected chi connectivity index (χ3v) is 3.23. The molecule has 1 aliphatic carbocycles. The molecule has 1 heteroatoms. The molecule has 2 rings (SSSR count). The Morgan fingerprint density at radius 2 is 1.88 bits per heavy atom. The predicted molar refractivity (Wildman–Crippen MR) is 70.5 cm³/mol. The first-order chi connectivity index (χ1) is 8.45. The zero-order valence-corrected chi connectivity index (χ0v) is 10.3. The van der Waals surface area contributed by atoms with Crippen molar-refractivity contribution in [3.63, 3.8) is 0 Å². The number of ether oxygens (including phenoxy) is 1. The van der Waals surface area contributed by atoms with Crippen LogP contribution >= 0.6 is 0 Å². The first-order valence-corrected chi connectivity index (χ1v) is 6.52. The summed E-state index contributed by atoms with van der Waals surface area (Å²) in [7, 11) is 0. The lowest BCUT2D eigenvalue weighted by Gasteiger charge is -2.16. The topological polar surface area (TPSA) is 9.23 Å². The molecule has 1 aromatic carbocycles. The number of benzene rings is 1. The molecule has 1 saturated carbocycles. The van der Waals surface area contributed by atoms with E-state index in [1.54, 1.807) is 6.26 Å². The molecule has 0 N–H and O–H groups in total. The SMILES string of the molecule is C(=COCc1ccccc1)=CC1CCCCC1. The van der Waals surface area contributed by atoms with Crippen molar-refractivity contribution in [2.75, 3.05) is 0 Å². The van der Waals surface area contributed by atoms with Gasteiger partial charge in [-0.05, 0) is 30.4 Å². The van der Waals surface area contributed by atoms with Gasteiger partial charge in [-0.15, -0.1) is 0 Å². The Bertz CT molecular complexity index is 368. The molecule has 0 amide bonds. The monoisotopic (exact) mass is 228 g/mol. The minimum Gasteiger partial charge on any atom is -0.488 e. The van der Waals surface area contributed by atoms with Gasteiger partial charge in [0.25, 0.3) is 0 Å². The van der Waals surface area contributed by atoms with Crippen molar-refractivity contribution < 1.29 is 4.74 Å². The molecule has 0 unspecified atom stereocenters. The maximum absolute atomic E-state index is 5.44. The molecule has 0 radical (unpaired) electrons. The normalized spacial score (nSPS) is 16.0. The van der Waals surface area contributed by atoms with Gasteiger partial charge in [0.2, 0.25) is 0 Å². The number of hydrogen-bond acceptors (Lipinski definition) is 1. The molecule has 1 fully saturated rings. The highest BCUT2D eigenvalue weighted by Crippen LogP contribution is 2.23. The van der Waals surface area contributed by atoms with Crippen molar-refractivity contribution in [3.8, 4) is 0 Å². The van der Waals surface area contributed by atoms with Crippen LogP contribution in [0, 0.1) is 5.92 Å². The molecule has 1 nitrogen and oxygen atoms in total. The van der Waals surface area contributed by atoms with E-state index in [0.717, 1.165) is 5.92 Å². The van der Waals surface area contributed by atoms with Gasteiger partial charge in [0.15, 0.2) is 0 Å². The summed E-state index contributed by atoms with van der Waals surface area (Å²) >= 11 is 0. The Hall–Kier alpha value is -1.46. The molecular formula is C16H20O. The van der Waals surface area contributed by atoms with E-state index >= 15 is 0 Å². The maximum Gasteiger partial charge on any atom is 0.125 e. The van der Waals surface area contributed by atoms with E-state index in [0.29, 0.717) is 6.61 Å². The Morgan fingerprint density at radius 1 is 1.12 bits per heavy atom. The lowest BCUT2D eigenvalue weighted by Crippen LogP contribution is -2.01. The summed E-state index contributed by atoms with van der Waals surface area (Å²) < 4.78 is 5.44. The van der Waals surface area contributed by atoms with Gasteiger partial charge in [-0.1, -0.05) is 55.3 Å². The standard InChI is InChI=1S/C16H20O/c1-3-8-15(9-4-1)12-7-13-17-14-16-10-5-2-6-11-16/h2,5-6,10-13,15H,1,3-4,8-9,14H2. The molecule has 1 aromatic rings. The minimum atomic E-state index is 0.631. The molecule has 0 atom stereocenters. The summed E-state index contributed by atoms with van der Waals surface area (Å²) in [5.74, 6) is 0.723. The average Bonchev–Trinajstić information content (AvgIpc) is 2.41. The van der Waals surface area contributed by atoms with Gasteiger partial charge in [0, 0.05) is 0 Å². The number of hydrogen-bond donors (Lipinski definition) is 0. The molecule has 0 bridgehead atoms. The van der Waals surface area contributed by atoms with Crippen LogP contribution in [0.5, 0.6) is 0 Å². The van der Waals surface area contributed by atoms with Crippen LogP contribution < -0.4 is 0 Å². The van der Waals surface area contributed by atoms with E-state index in [4.69, 9.17) is 4.74 Å². The fraction of sp³-hybridized carbons (Fsp3) is 0.438. The summed E-state index contributed by atoms with van der Waals surface area (Å²) in [6, 6.07) is 10.2. The van der Waals surface area contributed by atoms with Crippen LogP contribution in [0.25, 0.3) is 0 Å². The average molecular weight is 228 g/mol. The van der Waals surface area contributed by atoms with Crippen molar-refractivity contribution in [1.29, 1.82) is 0 Å². The zero-order chi connectivity index (χ0) is 11.8. The smallest absolute Gasteiger partial charge is 0.125 e. The fourth-order valence-electron chi connectivity index (χ4n) is 2.24. The van der Waals surface area contributed by atoms with Crippen molar-refractivity contribution in [2.45, 2.75) is 38.7 Å². The van der Waals surface area contributed by atoms with Crippen molar-refractivity contribution >= 4 is 0 Å². The lowest BCUT2D eigenvalue weighted by molar-refractivity contribution is 0.237. The van der Waals surface area contributed by atoms with E-state index in [9.17, 15) is 0 Å². The highest BCUT2D eigenvalue weighted by atomic mass is 16.5. The molecule has 1 aliphatic rings. The van der Waals surface area contributed by atoms with Crippen LogP contribution in [-0.4, -0.2) is 0 Å². The van der Waals surface area contributed by atoms with Crippen molar-refractivity contribution in [3.05, 3.63) is 54.0 Å². The van der Waals surface area contributed by atoms with E-state index in [2.05, 4.69) is 23.9 Å². The molecule has 0 saturated heterocycles. The lowest BCUT2D eigenvalue weighted by atomic mass is 9.89. The van der Waals surface area contributed by atoms with E-state index in [-0.39, 0.29) is 0 Å². The third kappa shape index (κ3) is 4.50. The Labute approximate surface area is 104 Å². The van der Waals surface area contributed by atoms with Crippen LogP contribution in [0.2, 0.25) is 0 Å². The quantitative estimate of drug-likeness (QED) is 0.546. The highest BCUT2D eigenvalue weighted by Gasteiger charge is 2.08. The van der Waals surface area contributed by atoms with E-state index in [1.165, 1.54) is 37.7 Å². The molecule has 0 aromatic heterocycles. The van der Waals surface area contributed by atoms with Gasteiger partial charge in [-0.2, -0.15) is 0 Å². The molecule has 0 aliphatic heterocycles. The molecular weight excluding hydrogens is 208 g/mol. The van der Waals surface area contributed by atoms with E-state index < -0.39 is 0 Å². The Morgan fingerprint density at radius 3 is 2.65 bits per heavy atom. The largest absolute Gasteiger partial charge is 0.488 e. The summed E-state index contributed by atoms with van der Waals surface area (Å²) in [4.78, 5) is 0. The number of allylic oxidation sites excluding steroid dienone is 1. The van der Waals surface area contributed by atoms with Crippen molar-refractivity contribution in [1.82, 2.24) is 0 Å². The maximum atomic E-state index is 5.44. The molecule has 0 heterocycles. The van der Waals surface area contributed by atoms with Gasteiger partial charge in [-0.3, -0.25) is 0 Å². The van der Waals surface area contributed by atoms with Crippen LogP contribution in [0.15, 0.2) is 48.4 Å². The first-order valence-electron chi connectivity index (χ1n) is 6.52. The van der Waals surface area contributed by atoms with Crippen LogP contribution in [0.4, 0.5) is 0 Å². The first kappa shape index (κ1) is 12.0. The molecule has 17 heavy (non-hydrogen) atoms. The summed E-state index contributed by atoms with van der Waals surface area (Å²) in [6.07, 6.45) is 10.6. The third-order valence-electron chi connectivity index (χ3n) is 3.23. The predicted octanol–water partition coefficient (Wildman–Crippen LogP) is 4.45. The summed E-state index contributed by atoms with van der Waals surface area (Å²) in [5.41, 5.74) is 4.35. The van der Waals surface area contributed by atoms with Gasteiger partial charge in [0.05, 0.1) is 0 Å². The van der Waals surface area contributed by atoms with Gasteiger partial charge < -0.3 is 4.74 Å². The van der Waals surface area contributed by atoms with Crippen LogP contribution in [-0.2, 0) is 11.3 Å². The van der Waals surface area contributed by atoms with Crippen LogP contribution in [0.3, 0.4) is 0 Å². The van der Waals surface area contributed by atoms with Gasteiger partial charge >= 0.3 is 0 Å². The van der Waals surface area contributed by atoms with Crippen LogP contribution in [0.1, 0.15) is 37.7 Å². The second-order valence-corrected chi connectivity index (χ2v) is 4.65. The second-order valence-electron chi connectivity index (χ2n) is 4.65. The van der Waals surface area contributed by atoms with E-state index in [1.807, 2.05) is 18.2 Å².